The van der Waals surface area contributed by atoms with Crippen LogP contribution in [0.3, 0.4) is 0 Å². The number of hydrogen-bond donors (Lipinski definition) is 1. The van der Waals surface area contributed by atoms with Gasteiger partial charge in [-0.1, -0.05) is 6.92 Å². The molecule has 19 heavy (non-hydrogen) atoms. The van der Waals surface area contributed by atoms with Crippen LogP contribution in [0.4, 0.5) is 0 Å². The highest BCUT2D eigenvalue weighted by atomic mass is 16.2. The molecule has 2 amide bonds. The number of carbonyl (C=O) groups is 2. The molecule has 2 aliphatic rings. The lowest BCUT2D eigenvalue weighted by atomic mass is 9.97. The molecule has 1 saturated heterocycles. The Balaban J connectivity index is 1.78. The predicted molar refractivity (Wildman–Crippen MR) is 69.9 cm³/mol. The molecule has 3 atom stereocenters. The zero-order chi connectivity index (χ0) is 14.0. The number of fused-ring (bicyclic) bond motifs is 1. The average molecular weight is 263 g/mol. The van der Waals surface area contributed by atoms with Crippen LogP contribution < -0.4 is 5.32 Å². The Kier molecular flexibility index (Phi) is 3.91. The molecule has 0 aromatic rings. The Morgan fingerprint density at radius 2 is 2.05 bits per heavy atom. The van der Waals surface area contributed by atoms with Crippen molar-refractivity contribution in [1.29, 1.82) is 5.26 Å². The third-order valence-corrected chi connectivity index (χ3v) is 4.03. The smallest absolute Gasteiger partial charge is 0.233 e. The molecule has 0 radical (unpaired) electrons. The highest BCUT2D eigenvalue weighted by molar-refractivity contribution is 6.08. The van der Waals surface area contributed by atoms with Gasteiger partial charge in [0.1, 0.15) is 5.54 Å². The van der Waals surface area contributed by atoms with Crippen LogP contribution in [0.2, 0.25) is 0 Å². The van der Waals surface area contributed by atoms with Gasteiger partial charge in [-0.2, -0.15) is 5.26 Å². The summed E-state index contributed by atoms with van der Waals surface area (Å²) in [5, 5.41) is 12.4. The van der Waals surface area contributed by atoms with Crippen molar-refractivity contribution in [1.82, 2.24) is 10.2 Å². The van der Waals surface area contributed by atoms with Gasteiger partial charge in [0.2, 0.25) is 11.8 Å². The third kappa shape index (κ3) is 2.79. The number of amides is 2. The Morgan fingerprint density at radius 1 is 1.42 bits per heavy atom. The van der Waals surface area contributed by atoms with Gasteiger partial charge in [0.25, 0.3) is 0 Å². The van der Waals surface area contributed by atoms with E-state index < -0.39 is 5.54 Å². The molecule has 1 aliphatic heterocycles. The summed E-state index contributed by atoms with van der Waals surface area (Å²) in [6.45, 7) is 5.18. The van der Waals surface area contributed by atoms with E-state index in [1.807, 2.05) is 6.92 Å². The second-order valence-corrected chi connectivity index (χ2v) is 5.75. The molecule has 1 N–H and O–H groups in total. The van der Waals surface area contributed by atoms with E-state index in [0.717, 1.165) is 19.4 Å². The number of piperidine rings is 1. The molecule has 0 aromatic carbocycles. The quantitative estimate of drug-likeness (QED) is 0.697. The van der Waals surface area contributed by atoms with Crippen molar-refractivity contribution in [2.45, 2.75) is 45.1 Å². The molecule has 0 aromatic heterocycles. The fourth-order valence-electron chi connectivity index (χ4n) is 2.65. The van der Waals surface area contributed by atoms with E-state index >= 15 is 0 Å². The van der Waals surface area contributed by atoms with Crippen molar-refractivity contribution in [2.75, 3.05) is 13.1 Å². The second kappa shape index (κ2) is 5.30. The van der Waals surface area contributed by atoms with Crippen LogP contribution >= 0.6 is 0 Å². The van der Waals surface area contributed by atoms with Crippen molar-refractivity contribution in [3.63, 3.8) is 0 Å². The second-order valence-electron chi connectivity index (χ2n) is 5.75. The molecule has 0 bridgehead atoms. The van der Waals surface area contributed by atoms with Crippen LogP contribution in [0.1, 0.15) is 39.5 Å². The number of nitriles is 1. The van der Waals surface area contributed by atoms with Crippen molar-refractivity contribution < 1.29 is 9.59 Å². The van der Waals surface area contributed by atoms with Gasteiger partial charge >= 0.3 is 0 Å². The van der Waals surface area contributed by atoms with Crippen LogP contribution in [0, 0.1) is 23.2 Å². The molecule has 2 rings (SSSR count). The first-order valence-electron chi connectivity index (χ1n) is 7.04. The van der Waals surface area contributed by atoms with Crippen LogP contribution in [0.5, 0.6) is 0 Å². The molecule has 5 nitrogen and oxygen atoms in total. The normalized spacial score (nSPS) is 27.9. The van der Waals surface area contributed by atoms with Crippen molar-refractivity contribution >= 4 is 11.8 Å². The van der Waals surface area contributed by atoms with E-state index in [0.29, 0.717) is 19.4 Å². The van der Waals surface area contributed by atoms with Crippen LogP contribution in [-0.2, 0) is 9.59 Å². The van der Waals surface area contributed by atoms with Crippen LogP contribution in [0.25, 0.3) is 0 Å². The number of rotatable bonds is 7. The van der Waals surface area contributed by atoms with Gasteiger partial charge in [-0.15, -0.1) is 0 Å². The molecule has 1 saturated carbocycles. The maximum Gasteiger partial charge on any atom is 0.233 e. The van der Waals surface area contributed by atoms with E-state index in [4.69, 9.17) is 0 Å². The summed E-state index contributed by atoms with van der Waals surface area (Å²) in [7, 11) is 0. The molecule has 2 fully saturated rings. The zero-order valence-electron chi connectivity index (χ0n) is 11.6. The van der Waals surface area contributed by atoms with Gasteiger partial charge in [-0.3, -0.25) is 19.8 Å². The Morgan fingerprint density at radius 3 is 2.58 bits per heavy atom. The van der Waals surface area contributed by atoms with Crippen LogP contribution in [0.15, 0.2) is 0 Å². The first-order chi connectivity index (χ1) is 9.02. The summed E-state index contributed by atoms with van der Waals surface area (Å²) >= 11 is 0. The number of hydrogen-bond acceptors (Lipinski definition) is 4. The minimum atomic E-state index is -0.565. The predicted octanol–water partition coefficient (Wildman–Crippen LogP) is 1.05. The highest BCUT2D eigenvalue weighted by Gasteiger charge is 2.58. The summed E-state index contributed by atoms with van der Waals surface area (Å²) in [6.07, 6.45) is 3.06. The van der Waals surface area contributed by atoms with E-state index in [1.165, 1.54) is 4.90 Å². The first kappa shape index (κ1) is 14.0. The van der Waals surface area contributed by atoms with Gasteiger partial charge in [-0.25, -0.2) is 0 Å². The summed E-state index contributed by atoms with van der Waals surface area (Å²) < 4.78 is 0. The fraction of sp³-hybridized carbons (Fsp3) is 0.786. The molecule has 104 valence electrons. The van der Waals surface area contributed by atoms with Crippen molar-refractivity contribution in [3.8, 4) is 6.07 Å². The molecule has 3 unspecified atom stereocenters. The monoisotopic (exact) mass is 263 g/mol. The third-order valence-electron chi connectivity index (χ3n) is 4.03. The maximum absolute atomic E-state index is 11.8. The molecule has 0 spiro atoms. The lowest BCUT2D eigenvalue weighted by Gasteiger charge is -2.24. The Hall–Kier alpha value is -1.41. The number of imide groups is 1. The van der Waals surface area contributed by atoms with E-state index in [9.17, 15) is 14.9 Å². The summed E-state index contributed by atoms with van der Waals surface area (Å²) in [6, 6.07) is 2.28. The fourth-order valence-corrected chi connectivity index (χ4v) is 2.65. The molecule has 5 heteroatoms. The van der Waals surface area contributed by atoms with Gasteiger partial charge in [0, 0.05) is 6.54 Å². The van der Waals surface area contributed by atoms with Gasteiger partial charge in [-0.05, 0) is 39.2 Å². The van der Waals surface area contributed by atoms with Gasteiger partial charge < -0.3 is 0 Å². The Labute approximate surface area is 113 Å². The number of nitrogens with zero attached hydrogens (tertiary/aromatic N) is 2. The minimum Gasteiger partial charge on any atom is -0.300 e. The summed E-state index contributed by atoms with van der Waals surface area (Å²) in [5.41, 5.74) is -0.565. The van der Waals surface area contributed by atoms with Gasteiger partial charge in [0.05, 0.1) is 17.9 Å². The highest BCUT2D eigenvalue weighted by Crippen LogP contribution is 2.46. The van der Waals surface area contributed by atoms with E-state index in [2.05, 4.69) is 18.3 Å². The first-order valence-corrected chi connectivity index (χ1v) is 7.04. The lowest BCUT2D eigenvalue weighted by molar-refractivity contribution is -0.141. The number of likely N-dealkylation sites (tertiary alicyclic amines) is 1. The number of nitrogens with one attached hydrogen (secondary N) is 1. The lowest BCUT2D eigenvalue weighted by Crippen LogP contribution is -2.42. The molecule has 1 aliphatic carbocycles. The minimum absolute atomic E-state index is 0.00446. The van der Waals surface area contributed by atoms with E-state index in [1.54, 1.807) is 0 Å². The summed E-state index contributed by atoms with van der Waals surface area (Å²) in [4.78, 5) is 24.9. The SMILES string of the molecule is CCCNC(C)(C#N)CCCN1C(=O)C2CC2C1=O. The van der Waals surface area contributed by atoms with Crippen molar-refractivity contribution in [3.05, 3.63) is 0 Å². The summed E-state index contributed by atoms with van der Waals surface area (Å²) in [5.74, 6) is -0.0495. The average Bonchev–Trinajstić information content (AvgIpc) is 3.16. The molecular formula is C14H21N3O2. The van der Waals surface area contributed by atoms with E-state index in [-0.39, 0.29) is 23.7 Å². The molecular weight excluding hydrogens is 242 g/mol. The van der Waals surface area contributed by atoms with Gasteiger partial charge in [0.15, 0.2) is 0 Å². The Bertz CT molecular complexity index is 409. The standard InChI is InChI=1S/C14H21N3O2/c1-3-6-16-14(2,9-15)5-4-7-17-12(18)10-8-11(10)13(17)19/h10-11,16H,3-8H2,1-2H3. The topological polar surface area (TPSA) is 73.2 Å². The number of carbonyl (C=O) groups excluding carboxylic acids is 2. The largest absolute Gasteiger partial charge is 0.300 e. The zero-order valence-corrected chi connectivity index (χ0v) is 11.6. The maximum atomic E-state index is 11.8. The van der Waals surface area contributed by atoms with Crippen LogP contribution in [-0.4, -0.2) is 35.3 Å². The molecule has 1 heterocycles. The van der Waals surface area contributed by atoms with Crippen molar-refractivity contribution in [2.24, 2.45) is 11.8 Å².